The van der Waals surface area contributed by atoms with Crippen molar-refractivity contribution in [3.63, 3.8) is 0 Å². The molecular formula is C26H23ClN2O3. The summed E-state index contributed by atoms with van der Waals surface area (Å²) in [6.45, 7) is 4.40. The molecule has 0 radical (unpaired) electrons. The van der Waals surface area contributed by atoms with Crippen molar-refractivity contribution in [2.45, 2.75) is 32.4 Å². The standard InChI is InChI=1S/C26H23ClN2O3/c1-16(2)18-5-7-19(8-6-18)23-22(24(30)20-9-11-21(27)12-10-20)25(31)26(32)29(23)15-17-4-3-13-28-14-17/h3-14,16,23,30H,15H2,1-2H3/t23-/m1/s1. The highest BCUT2D eigenvalue weighted by Gasteiger charge is 2.46. The number of Topliss-reactive ketones (excluding diaryl/α,β-unsaturated/α-hetero) is 1. The summed E-state index contributed by atoms with van der Waals surface area (Å²) >= 11 is 5.97. The molecule has 0 unspecified atom stereocenters. The van der Waals surface area contributed by atoms with Crippen LogP contribution in [0, 0.1) is 0 Å². The summed E-state index contributed by atoms with van der Waals surface area (Å²) in [4.78, 5) is 31.8. The molecule has 1 saturated heterocycles. The number of hydrogen-bond acceptors (Lipinski definition) is 4. The van der Waals surface area contributed by atoms with E-state index in [0.29, 0.717) is 16.5 Å². The molecule has 162 valence electrons. The maximum Gasteiger partial charge on any atom is 0.295 e. The smallest absolute Gasteiger partial charge is 0.295 e. The van der Waals surface area contributed by atoms with Crippen molar-refractivity contribution in [2.24, 2.45) is 0 Å². The number of benzene rings is 2. The normalized spacial score (nSPS) is 17.9. The fourth-order valence-electron chi connectivity index (χ4n) is 3.90. The lowest BCUT2D eigenvalue weighted by molar-refractivity contribution is -0.140. The zero-order valence-electron chi connectivity index (χ0n) is 17.8. The first-order valence-electron chi connectivity index (χ1n) is 10.4. The van der Waals surface area contributed by atoms with Crippen LogP contribution in [0.5, 0.6) is 0 Å². The Hall–Kier alpha value is -3.44. The van der Waals surface area contributed by atoms with Crippen molar-refractivity contribution in [3.8, 4) is 0 Å². The molecule has 1 amide bonds. The van der Waals surface area contributed by atoms with Gasteiger partial charge in [-0.25, -0.2) is 0 Å². The zero-order valence-corrected chi connectivity index (χ0v) is 18.6. The number of rotatable bonds is 5. The number of halogens is 1. The number of amides is 1. The quantitative estimate of drug-likeness (QED) is 0.320. The summed E-state index contributed by atoms with van der Waals surface area (Å²) in [6, 6.07) is 17.3. The van der Waals surface area contributed by atoms with Crippen LogP contribution in [0.1, 0.15) is 48.1 Å². The minimum atomic E-state index is -0.716. The number of likely N-dealkylation sites (tertiary alicyclic amines) is 1. The third-order valence-corrected chi connectivity index (χ3v) is 5.90. The Morgan fingerprint density at radius 2 is 1.75 bits per heavy atom. The average molecular weight is 447 g/mol. The Bertz CT molecular complexity index is 1170. The van der Waals surface area contributed by atoms with Crippen LogP contribution in [0.2, 0.25) is 5.02 Å². The monoisotopic (exact) mass is 446 g/mol. The molecule has 0 aliphatic carbocycles. The summed E-state index contributed by atoms with van der Waals surface area (Å²) in [5.74, 6) is -1.23. The molecule has 1 N–H and O–H groups in total. The largest absolute Gasteiger partial charge is 0.507 e. The maximum atomic E-state index is 13.1. The molecule has 1 atom stereocenters. The number of aliphatic hydroxyl groups is 1. The van der Waals surface area contributed by atoms with Crippen LogP contribution in [0.15, 0.2) is 78.6 Å². The van der Waals surface area contributed by atoms with E-state index in [4.69, 9.17) is 11.6 Å². The molecule has 1 aliphatic heterocycles. The highest BCUT2D eigenvalue weighted by Crippen LogP contribution is 2.40. The highest BCUT2D eigenvalue weighted by molar-refractivity contribution is 6.46. The van der Waals surface area contributed by atoms with E-state index in [1.165, 1.54) is 4.90 Å². The van der Waals surface area contributed by atoms with Crippen molar-refractivity contribution in [2.75, 3.05) is 0 Å². The van der Waals surface area contributed by atoms with Crippen LogP contribution in [-0.2, 0) is 16.1 Å². The van der Waals surface area contributed by atoms with Crippen LogP contribution >= 0.6 is 11.6 Å². The van der Waals surface area contributed by atoms with Crippen LogP contribution < -0.4 is 0 Å². The first kappa shape index (κ1) is 21.8. The predicted molar refractivity (Wildman–Crippen MR) is 124 cm³/mol. The van der Waals surface area contributed by atoms with Gasteiger partial charge in [0.15, 0.2) is 0 Å². The fraction of sp³-hybridized carbons (Fsp3) is 0.192. The highest BCUT2D eigenvalue weighted by atomic mass is 35.5. The van der Waals surface area contributed by atoms with E-state index in [1.807, 2.05) is 30.3 Å². The summed E-state index contributed by atoms with van der Waals surface area (Å²) in [6.07, 6.45) is 3.32. The lowest BCUT2D eigenvalue weighted by Crippen LogP contribution is -2.29. The number of aliphatic hydroxyl groups excluding tert-OH is 1. The van der Waals surface area contributed by atoms with Gasteiger partial charge in [0.1, 0.15) is 5.76 Å². The fourth-order valence-corrected chi connectivity index (χ4v) is 4.03. The Balaban J connectivity index is 1.84. The molecule has 0 saturated carbocycles. The van der Waals surface area contributed by atoms with E-state index < -0.39 is 17.7 Å². The van der Waals surface area contributed by atoms with Crippen LogP contribution in [-0.4, -0.2) is 26.7 Å². The van der Waals surface area contributed by atoms with Crippen molar-refractivity contribution in [3.05, 3.63) is 106 Å². The number of pyridine rings is 1. The molecule has 4 rings (SSSR count). The summed E-state index contributed by atoms with van der Waals surface area (Å²) in [5.41, 5.74) is 3.20. The average Bonchev–Trinajstić information content (AvgIpc) is 3.05. The second-order valence-electron chi connectivity index (χ2n) is 8.12. The van der Waals surface area contributed by atoms with E-state index in [-0.39, 0.29) is 17.9 Å². The number of nitrogens with zero attached hydrogens (tertiary/aromatic N) is 2. The number of hydrogen-bond donors (Lipinski definition) is 1. The molecule has 6 heteroatoms. The predicted octanol–water partition coefficient (Wildman–Crippen LogP) is 5.48. The van der Waals surface area contributed by atoms with Gasteiger partial charge in [0.25, 0.3) is 11.7 Å². The lowest BCUT2D eigenvalue weighted by atomic mass is 9.93. The van der Waals surface area contributed by atoms with Gasteiger partial charge in [-0.1, -0.05) is 55.8 Å². The minimum Gasteiger partial charge on any atom is -0.507 e. The van der Waals surface area contributed by atoms with E-state index >= 15 is 0 Å². The van der Waals surface area contributed by atoms with E-state index in [2.05, 4.69) is 18.8 Å². The first-order chi connectivity index (χ1) is 15.4. The zero-order chi connectivity index (χ0) is 22.8. The SMILES string of the molecule is CC(C)c1ccc([C@@H]2C(=C(O)c3ccc(Cl)cc3)C(=O)C(=O)N2Cc2cccnc2)cc1. The summed E-state index contributed by atoms with van der Waals surface area (Å²) in [5, 5.41) is 11.6. The van der Waals surface area contributed by atoms with Gasteiger partial charge in [0, 0.05) is 29.5 Å². The second-order valence-corrected chi connectivity index (χ2v) is 8.55. The van der Waals surface area contributed by atoms with Crippen molar-refractivity contribution in [1.29, 1.82) is 0 Å². The second kappa shape index (κ2) is 8.97. The number of ketones is 1. The molecule has 2 heterocycles. The maximum absolute atomic E-state index is 13.1. The molecule has 2 aromatic carbocycles. The molecule has 1 aromatic heterocycles. The van der Waals surface area contributed by atoms with Crippen molar-refractivity contribution in [1.82, 2.24) is 9.88 Å². The van der Waals surface area contributed by atoms with Gasteiger partial charge in [-0.15, -0.1) is 0 Å². The van der Waals surface area contributed by atoms with E-state index in [9.17, 15) is 14.7 Å². The van der Waals surface area contributed by atoms with Crippen LogP contribution in [0.25, 0.3) is 5.76 Å². The topological polar surface area (TPSA) is 70.5 Å². The molecule has 1 fully saturated rings. The van der Waals surface area contributed by atoms with Crippen LogP contribution in [0.4, 0.5) is 0 Å². The molecule has 5 nitrogen and oxygen atoms in total. The van der Waals surface area contributed by atoms with E-state index in [0.717, 1.165) is 16.7 Å². The molecular weight excluding hydrogens is 424 g/mol. The molecule has 3 aromatic rings. The van der Waals surface area contributed by atoms with Gasteiger partial charge in [0.05, 0.1) is 11.6 Å². The molecule has 1 aliphatic rings. The van der Waals surface area contributed by atoms with Crippen molar-refractivity contribution < 1.29 is 14.7 Å². The molecule has 0 bridgehead atoms. The Morgan fingerprint density at radius 1 is 1.06 bits per heavy atom. The van der Waals surface area contributed by atoms with E-state index in [1.54, 1.807) is 42.7 Å². The number of carbonyl (C=O) groups is 2. The Kier molecular flexibility index (Phi) is 6.10. The van der Waals surface area contributed by atoms with Gasteiger partial charge >= 0.3 is 0 Å². The molecule has 0 spiro atoms. The van der Waals surface area contributed by atoms with Gasteiger partial charge in [-0.2, -0.15) is 0 Å². The van der Waals surface area contributed by atoms with Gasteiger partial charge in [0.2, 0.25) is 0 Å². The molecule has 32 heavy (non-hydrogen) atoms. The van der Waals surface area contributed by atoms with Gasteiger partial charge in [-0.05, 0) is 52.9 Å². The number of aromatic nitrogens is 1. The Morgan fingerprint density at radius 3 is 2.34 bits per heavy atom. The summed E-state index contributed by atoms with van der Waals surface area (Å²) < 4.78 is 0. The first-order valence-corrected chi connectivity index (χ1v) is 10.8. The third-order valence-electron chi connectivity index (χ3n) is 5.65. The third kappa shape index (κ3) is 4.16. The Labute approximate surface area is 192 Å². The van der Waals surface area contributed by atoms with Crippen molar-refractivity contribution >= 4 is 29.1 Å². The minimum absolute atomic E-state index is 0.0681. The summed E-state index contributed by atoms with van der Waals surface area (Å²) in [7, 11) is 0. The van der Waals surface area contributed by atoms with Crippen LogP contribution in [0.3, 0.4) is 0 Å². The number of carbonyl (C=O) groups excluding carboxylic acids is 2. The van der Waals surface area contributed by atoms with Gasteiger partial charge < -0.3 is 10.0 Å². The lowest BCUT2D eigenvalue weighted by Gasteiger charge is -2.25. The van der Waals surface area contributed by atoms with Gasteiger partial charge in [-0.3, -0.25) is 14.6 Å².